The van der Waals surface area contributed by atoms with Crippen LogP contribution >= 0.6 is 24.8 Å². The summed E-state index contributed by atoms with van der Waals surface area (Å²) >= 11 is 0. The van der Waals surface area contributed by atoms with Crippen molar-refractivity contribution < 1.29 is 0 Å². The molecule has 0 saturated heterocycles. The lowest BCUT2D eigenvalue weighted by molar-refractivity contribution is 0.179. The van der Waals surface area contributed by atoms with E-state index >= 15 is 0 Å². The molecule has 1 atom stereocenters. The van der Waals surface area contributed by atoms with E-state index < -0.39 is 0 Å². The molecule has 0 fully saturated rings. The van der Waals surface area contributed by atoms with Gasteiger partial charge in [-0.05, 0) is 32.1 Å². The molecule has 0 aliphatic heterocycles. The molecule has 0 amide bonds. The summed E-state index contributed by atoms with van der Waals surface area (Å²) in [7, 11) is 0. The number of rotatable bonds is 5. The Morgan fingerprint density at radius 1 is 0.889 bits per heavy atom. The van der Waals surface area contributed by atoms with Crippen LogP contribution in [-0.4, -0.2) is 31.9 Å². The first-order valence-corrected chi connectivity index (χ1v) is 9.02. The highest BCUT2D eigenvalue weighted by atomic mass is 35.5. The number of para-hydroxylation sites is 2. The molecule has 0 bridgehead atoms. The van der Waals surface area contributed by atoms with Crippen molar-refractivity contribution in [3.8, 4) is 11.3 Å². The number of halogens is 2. The first kappa shape index (κ1) is 21.3. The maximum Gasteiger partial charge on any atom is 0.216 e. The average Bonchev–Trinajstić information content (AvgIpc) is 3.20. The van der Waals surface area contributed by atoms with Crippen LogP contribution in [0.3, 0.4) is 0 Å². The molecule has 0 radical (unpaired) electrons. The van der Waals surface area contributed by atoms with Gasteiger partial charge in [-0.25, -0.2) is 4.98 Å². The van der Waals surface area contributed by atoms with Gasteiger partial charge in [-0.2, -0.15) is 0 Å². The Morgan fingerprint density at radius 2 is 1.48 bits per heavy atom. The van der Waals surface area contributed by atoms with Crippen LogP contribution < -0.4 is 0 Å². The van der Waals surface area contributed by atoms with Crippen LogP contribution in [-0.2, 0) is 0 Å². The van der Waals surface area contributed by atoms with Crippen LogP contribution in [0.2, 0.25) is 0 Å². The molecule has 1 unspecified atom stereocenters. The fourth-order valence-corrected chi connectivity index (χ4v) is 3.73. The van der Waals surface area contributed by atoms with Gasteiger partial charge in [0.25, 0.3) is 0 Å². The topological polar surface area (TPSA) is 25.5 Å². The van der Waals surface area contributed by atoms with E-state index in [4.69, 9.17) is 4.98 Å². The largest absolute Gasteiger partial charge is 0.294 e. The molecular formula is C21H26Cl2N4. The molecule has 4 aromatic rings. The molecule has 2 aromatic heterocycles. The molecule has 4 rings (SSSR count). The molecule has 2 heterocycles. The number of benzene rings is 2. The van der Waals surface area contributed by atoms with E-state index in [2.05, 4.69) is 89.4 Å². The van der Waals surface area contributed by atoms with Gasteiger partial charge in [0, 0.05) is 11.8 Å². The Morgan fingerprint density at radius 3 is 2.11 bits per heavy atom. The highest BCUT2D eigenvalue weighted by Crippen LogP contribution is 2.29. The van der Waals surface area contributed by atoms with Crippen molar-refractivity contribution in [1.29, 1.82) is 0 Å². The van der Waals surface area contributed by atoms with Gasteiger partial charge in [-0.15, -0.1) is 24.8 Å². The lowest BCUT2D eigenvalue weighted by Gasteiger charge is -2.28. The number of hydrogen-bond acceptors (Lipinski definition) is 2. The lowest BCUT2D eigenvalue weighted by Crippen LogP contribution is -2.30. The third-order valence-electron chi connectivity index (χ3n) is 5.09. The molecule has 4 nitrogen and oxygen atoms in total. The Labute approximate surface area is 172 Å². The van der Waals surface area contributed by atoms with E-state index in [1.165, 1.54) is 11.0 Å². The van der Waals surface area contributed by atoms with Crippen molar-refractivity contribution in [3.05, 3.63) is 60.8 Å². The maximum atomic E-state index is 4.99. The normalized spacial score (nSPS) is 12.1. The summed E-state index contributed by atoms with van der Waals surface area (Å²) in [6.45, 7) is 8.72. The molecule has 6 heteroatoms. The zero-order valence-corrected chi connectivity index (χ0v) is 17.5. The molecule has 27 heavy (non-hydrogen) atoms. The number of nitrogens with zero attached hydrogens (tertiary/aromatic N) is 4. The van der Waals surface area contributed by atoms with Crippen LogP contribution in [0.1, 0.15) is 26.9 Å². The van der Waals surface area contributed by atoms with E-state index in [0.717, 1.165) is 30.1 Å². The van der Waals surface area contributed by atoms with Crippen LogP contribution in [0.5, 0.6) is 0 Å². The number of imidazole rings is 2. The monoisotopic (exact) mass is 404 g/mol. The van der Waals surface area contributed by atoms with Crippen LogP contribution in [0.15, 0.2) is 60.8 Å². The van der Waals surface area contributed by atoms with Crippen LogP contribution in [0.25, 0.3) is 28.1 Å². The summed E-state index contributed by atoms with van der Waals surface area (Å²) in [5, 5.41) is 0. The van der Waals surface area contributed by atoms with Gasteiger partial charge in [0.05, 0.1) is 22.9 Å². The van der Waals surface area contributed by atoms with Crippen LogP contribution in [0.4, 0.5) is 0 Å². The van der Waals surface area contributed by atoms with Gasteiger partial charge in [0.1, 0.15) is 0 Å². The molecule has 0 saturated carbocycles. The summed E-state index contributed by atoms with van der Waals surface area (Å²) in [5.41, 5.74) is 4.59. The van der Waals surface area contributed by atoms with Crippen molar-refractivity contribution in [1.82, 2.24) is 18.9 Å². The SMILES string of the molecule is CCN(CC)C(C)n1c2ccccc2n2cc(-c3ccccc3)nc12.Cl.Cl. The highest BCUT2D eigenvalue weighted by molar-refractivity contribution is 5.85. The predicted molar refractivity (Wildman–Crippen MR) is 118 cm³/mol. The molecule has 0 aliphatic carbocycles. The van der Waals surface area contributed by atoms with E-state index in [1.807, 2.05) is 6.07 Å². The van der Waals surface area contributed by atoms with E-state index in [1.54, 1.807) is 0 Å². The Balaban J connectivity index is 0.00000131. The summed E-state index contributed by atoms with van der Waals surface area (Å²) in [4.78, 5) is 7.44. The molecule has 0 aliphatic rings. The minimum absolute atomic E-state index is 0. The minimum Gasteiger partial charge on any atom is -0.294 e. The van der Waals surface area contributed by atoms with Crippen molar-refractivity contribution in [2.24, 2.45) is 0 Å². The zero-order chi connectivity index (χ0) is 17.4. The summed E-state index contributed by atoms with van der Waals surface area (Å²) in [6.07, 6.45) is 2.40. The number of fused-ring (bicyclic) bond motifs is 3. The van der Waals surface area contributed by atoms with Crippen molar-refractivity contribution >= 4 is 41.6 Å². The van der Waals surface area contributed by atoms with Gasteiger partial charge >= 0.3 is 0 Å². The summed E-state index contributed by atoms with van der Waals surface area (Å²) in [6, 6.07) is 18.9. The quantitative estimate of drug-likeness (QED) is 0.428. The Hall–Kier alpha value is -2.01. The first-order valence-electron chi connectivity index (χ1n) is 9.02. The maximum absolute atomic E-state index is 4.99. The third kappa shape index (κ3) is 3.57. The van der Waals surface area contributed by atoms with Crippen LogP contribution in [0, 0.1) is 0 Å². The van der Waals surface area contributed by atoms with Crippen molar-refractivity contribution in [2.75, 3.05) is 13.1 Å². The Bertz CT molecular complexity index is 1000. The zero-order valence-electron chi connectivity index (χ0n) is 15.9. The van der Waals surface area contributed by atoms with Gasteiger partial charge < -0.3 is 0 Å². The molecule has 0 N–H and O–H groups in total. The van der Waals surface area contributed by atoms with Gasteiger partial charge in [0.15, 0.2) is 0 Å². The molecule has 2 aromatic carbocycles. The second-order valence-electron chi connectivity index (χ2n) is 6.37. The smallest absolute Gasteiger partial charge is 0.216 e. The second kappa shape index (κ2) is 8.79. The highest BCUT2D eigenvalue weighted by Gasteiger charge is 2.21. The summed E-state index contributed by atoms with van der Waals surface area (Å²) < 4.78 is 4.58. The number of hydrogen-bond donors (Lipinski definition) is 0. The predicted octanol–water partition coefficient (Wildman–Crippen LogP) is 5.66. The summed E-state index contributed by atoms with van der Waals surface area (Å²) in [5.74, 6) is 0.999. The lowest BCUT2D eigenvalue weighted by atomic mass is 10.2. The second-order valence-corrected chi connectivity index (χ2v) is 6.37. The first-order chi connectivity index (χ1) is 12.2. The fraction of sp³-hybridized carbons (Fsp3) is 0.286. The third-order valence-corrected chi connectivity index (χ3v) is 5.09. The van der Waals surface area contributed by atoms with Crippen molar-refractivity contribution in [2.45, 2.75) is 26.9 Å². The standard InChI is InChI=1S/C21H24N4.2ClH/c1-4-23(5-2)16(3)25-20-14-10-9-13-19(20)24-15-18(22-21(24)25)17-11-7-6-8-12-17;;/h6-16H,4-5H2,1-3H3;2*1H. The van der Waals surface area contributed by atoms with Gasteiger partial charge in [-0.1, -0.05) is 56.3 Å². The van der Waals surface area contributed by atoms with E-state index in [-0.39, 0.29) is 31.0 Å². The van der Waals surface area contributed by atoms with E-state index in [9.17, 15) is 0 Å². The molecule has 144 valence electrons. The minimum atomic E-state index is 0. The molecular weight excluding hydrogens is 379 g/mol. The van der Waals surface area contributed by atoms with Crippen molar-refractivity contribution in [3.63, 3.8) is 0 Å². The number of aromatic nitrogens is 3. The average molecular weight is 405 g/mol. The fourth-order valence-electron chi connectivity index (χ4n) is 3.73. The Kier molecular flexibility index (Phi) is 6.93. The van der Waals surface area contributed by atoms with Gasteiger partial charge in [0.2, 0.25) is 5.78 Å². The van der Waals surface area contributed by atoms with Gasteiger partial charge in [-0.3, -0.25) is 13.9 Å². The van der Waals surface area contributed by atoms with E-state index in [0.29, 0.717) is 0 Å². The molecule has 0 spiro atoms.